The van der Waals surface area contributed by atoms with E-state index in [1.165, 1.54) is 4.72 Å². The summed E-state index contributed by atoms with van der Waals surface area (Å²) in [6.07, 6.45) is 0.638. The van der Waals surface area contributed by atoms with E-state index >= 15 is 0 Å². The van der Waals surface area contributed by atoms with Gasteiger partial charge in [-0.2, -0.15) is 26.0 Å². The average Bonchev–Trinajstić information content (AvgIpc) is 2.06. The molecule has 0 aromatic carbocycles. The third kappa shape index (κ3) is 2.78. The second-order valence-corrected chi connectivity index (χ2v) is 4.09. The Labute approximate surface area is 82.0 Å². The maximum atomic E-state index is 12.2. The van der Waals surface area contributed by atoms with Crippen molar-refractivity contribution in [2.45, 2.75) is 5.51 Å². The smallest absolute Gasteiger partial charge is 0.274 e. The monoisotopic (exact) mass is 244 g/mol. The van der Waals surface area contributed by atoms with E-state index in [2.05, 4.69) is 4.98 Å². The molecule has 0 amide bonds. The lowest BCUT2D eigenvalue weighted by atomic mass is 10.4. The summed E-state index contributed by atoms with van der Waals surface area (Å²) in [5, 5.41) is 0. The van der Waals surface area contributed by atoms with Gasteiger partial charge in [-0.25, -0.2) is 4.98 Å². The third-order valence-electron chi connectivity index (χ3n) is 1.28. The van der Waals surface area contributed by atoms with Gasteiger partial charge >= 0.3 is 15.5 Å². The van der Waals surface area contributed by atoms with E-state index < -0.39 is 27.2 Å². The van der Waals surface area contributed by atoms with Crippen molar-refractivity contribution in [3.05, 3.63) is 24.3 Å². The number of nitrogens with zero attached hydrogens (tertiary/aromatic N) is 1. The quantitative estimate of drug-likeness (QED) is 0.633. The first-order chi connectivity index (χ1) is 6.72. The van der Waals surface area contributed by atoms with Crippen LogP contribution < -0.4 is 4.72 Å². The van der Waals surface area contributed by atoms with Gasteiger partial charge < -0.3 is 0 Å². The van der Waals surface area contributed by atoms with E-state index in [4.69, 9.17) is 0 Å². The predicted molar refractivity (Wildman–Crippen MR) is 42.8 cm³/mol. The van der Waals surface area contributed by atoms with E-state index in [1.54, 1.807) is 0 Å². The normalized spacial score (nSPS) is 12.5. The molecule has 1 rings (SSSR count). The fourth-order valence-corrected chi connectivity index (χ4v) is 1.20. The van der Waals surface area contributed by atoms with E-state index in [0.29, 0.717) is 6.20 Å². The molecule has 0 unspecified atom stereocenters. The molecule has 0 radical (unpaired) electrons. The summed E-state index contributed by atoms with van der Waals surface area (Å²) >= 11 is 0. The number of hydrogen-bond donors (Lipinski definition) is 1. The molecule has 1 aromatic heterocycles. The van der Waals surface area contributed by atoms with Crippen LogP contribution in [0.15, 0.2) is 18.3 Å². The third-order valence-corrected chi connectivity index (χ3v) is 2.40. The molecule has 84 valence electrons. The second-order valence-electron chi connectivity index (χ2n) is 2.42. The Kier molecular flexibility index (Phi) is 2.84. The highest BCUT2D eigenvalue weighted by Gasteiger charge is 2.46. The Morgan fingerprint density at radius 3 is 2.27 bits per heavy atom. The van der Waals surface area contributed by atoms with Gasteiger partial charge in [0.1, 0.15) is 0 Å². The van der Waals surface area contributed by atoms with Crippen LogP contribution in [0.25, 0.3) is 0 Å². The van der Waals surface area contributed by atoms with Crippen LogP contribution in [0.5, 0.6) is 0 Å². The molecular weight excluding hydrogens is 240 g/mol. The van der Waals surface area contributed by atoms with Crippen LogP contribution in [0, 0.1) is 5.95 Å². The van der Waals surface area contributed by atoms with Gasteiger partial charge in [-0.3, -0.25) is 4.72 Å². The highest BCUT2D eigenvalue weighted by atomic mass is 32.2. The van der Waals surface area contributed by atoms with Crippen molar-refractivity contribution in [1.82, 2.24) is 4.98 Å². The molecule has 4 nitrogen and oxygen atoms in total. The predicted octanol–water partition coefficient (Wildman–Crippen LogP) is 1.48. The lowest BCUT2D eigenvalue weighted by Gasteiger charge is -2.09. The van der Waals surface area contributed by atoms with Crippen LogP contribution in [0.2, 0.25) is 0 Å². The first kappa shape index (κ1) is 11.7. The van der Waals surface area contributed by atoms with Crippen molar-refractivity contribution in [2.75, 3.05) is 4.72 Å². The molecule has 0 aliphatic carbocycles. The largest absolute Gasteiger partial charge is 0.516 e. The zero-order chi connectivity index (χ0) is 11.7. The molecule has 0 spiro atoms. The number of alkyl halides is 3. The Hall–Kier alpha value is -1.38. The van der Waals surface area contributed by atoms with Gasteiger partial charge in [0.2, 0.25) is 5.95 Å². The molecule has 1 N–H and O–H groups in total. The summed E-state index contributed by atoms with van der Waals surface area (Å²) in [6.45, 7) is 0. The van der Waals surface area contributed by atoms with E-state index in [1.807, 2.05) is 0 Å². The molecular formula is C6H4F4N2O2S. The van der Waals surface area contributed by atoms with Crippen molar-refractivity contribution in [3.8, 4) is 0 Å². The van der Waals surface area contributed by atoms with Crippen LogP contribution in [0.1, 0.15) is 0 Å². The topological polar surface area (TPSA) is 59.1 Å². The van der Waals surface area contributed by atoms with Crippen LogP contribution in [0.4, 0.5) is 23.2 Å². The van der Waals surface area contributed by atoms with Crippen molar-refractivity contribution < 1.29 is 26.0 Å². The lowest BCUT2D eigenvalue weighted by molar-refractivity contribution is -0.0429. The van der Waals surface area contributed by atoms with Gasteiger partial charge in [0, 0.05) is 0 Å². The summed E-state index contributed by atoms with van der Waals surface area (Å²) in [5.41, 5.74) is -5.88. The zero-order valence-corrected chi connectivity index (χ0v) is 7.73. The Bertz CT molecular complexity index is 439. The molecule has 9 heteroatoms. The molecule has 0 atom stereocenters. The van der Waals surface area contributed by atoms with E-state index in [9.17, 15) is 26.0 Å². The number of rotatable bonds is 2. The van der Waals surface area contributed by atoms with Crippen LogP contribution in [-0.2, 0) is 10.0 Å². The van der Waals surface area contributed by atoms with Crippen LogP contribution >= 0.6 is 0 Å². The maximum Gasteiger partial charge on any atom is 0.516 e. The molecule has 1 aromatic rings. The Morgan fingerprint density at radius 2 is 1.87 bits per heavy atom. The van der Waals surface area contributed by atoms with E-state index in [0.717, 1.165) is 12.1 Å². The first-order valence-corrected chi connectivity index (χ1v) is 4.91. The summed E-state index contributed by atoms with van der Waals surface area (Å²) < 4.78 is 70.1. The number of anilines is 1. The molecule has 1 heterocycles. The second kappa shape index (κ2) is 3.65. The summed E-state index contributed by atoms with van der Waals surface area (Å²) in [6, 6.07) is 1.56. The highest BCUT2D eigenvalue weighted by molar-refractivity contribution is 7.93. The molecule has 0 aliphatic heterocycles. The summed E-state index contributed by atoms with van der Waals surface area (Å²) in [5.74, 6) is -0.926. The number of pyridine rings is 1. The number of sulfonamides is 1. The summed E-state index contributed by atoms with van der Waals surface area (Å²) in [4.78, 5) is 2.98. The molecule has 0 saturated heterocycles. The Balaban J connectivity index is 2.93. The van der Waals surface area contributed by atoms with Crippen molar-refractivity contribution in [1.29, 1.82) is 0 Å². The molecule has 15 heavy (non-hydrogen) atoms. The standard InChI is InChI=1S/C6H4F4N2O2S/c7-5-2-1-4(3-11-5)12-15(13,14)6(8,9)10/h1-3,12H. The molecule has 0 bridgehead atoms. The molecule has 0 aliphatic rings. The minimum atomic E-state index is -5.48. The van der Waals surface area contributed by atoms with Crippen molar-refractivity contribution in [3.63, 3.8) is 0 Å². The van der Waals surface area contributed by atoms with Crippen LogP contribution in [-0.4, -0.2) is 18.9 Å². The van der Waals surface area contributed by atoms with Gasteiger partial charge in [-0.1, -0.05) is 0 Å². The number of nitrogens with one attached hydrogen (secondary N) is 1. The van der Waals surface area contributed by atoms with Gasteiger partial charge in [0.15, 0.2) is 0 Å². The number of halogens is 4. The van der Waals surface area contributed by atoms with Crippen LogP contribution in [0.3, 0.4) is 0 Å². The fourth-order valence-electron chi connectivity index (χ4n) is 0.649. The lowest BCUT2D eigenvalue weighted by Crippen LogP contribution is -2.29. The SMILES string of the molecule is O=S(=O)(Nc1ccc(F)nc1)C(F)(F)F. The van der Waals surface area contributed by atoms with E-state index in [-0.39, 0.29) is 0 Å². The average molecular weight is 244 g/mol. The number of aromatic nitrogens is 1. The minimum absolute atomic E-state index is 0.464. The minimum Gasteiger partial charge on any atom is -0.274 e. The molecule has 0 saturated carbocycles. The highest BCUT2D eigenvalue weighted by Crippen LogP contribution is 2.24. The van der Waals surface area contributed by atoms with Gasteiger partial charge in [0.25, 0.3) is 0 Å². The Morgan fingerprint density at radius 1 is 1.27 bits per heavy atom. The molecule has 0 fully saturated rings. The maximum absolute atomic E-state index is 12.2. The van der Waals surface area contributed by atoms with Crippen molar-refractivity contribution >= 4 is 15.7 Å². The van der Waals surface area contributed by atoms with Gasteiger partial charge in [-0.15, -0.1) is 0 Å². The first-order valence-electron chi connectivity index (χ1n) is 3.43. The summed E-state index contributed by atoms with van der Waals surface area (Å²) in [7, 11) is -5.48. The van der Waals surface area contributed by atoms with Crippen molar-refractivity contribution in [2.24, 2.45) is 0 Å². The fraction of sp³-hybridized carbons (Fsp3) is 0.167. The van der Waals surface area contributed by atoms with Gasteiger partial charge in [-0.05, 0) is 12.1 Å². The number of hydrogen-bond acceptors (Lipinski definition) is 3. The zero-order valence-electron chi connectivity index (χ0n) is 6.92. The van der Waals surface area contributed by atoms with Gasteiger partial charge in [0.05, 0.1) is 11.9 Å².